The molecule has 1 aliphatic rings. The van der Waals surface area contributed by atoms with Crippen molar-refractivity contribution < 1.29 is 23.4 Å². The van der Waals surface area contributed by atoms with E-state index in [4.69, 9.17) is 23.4 Å². The Kier molecular flexibility index (Phi) is 6.63. The molecule has 6 nitrogen and oxygen atoms in total. The summed E-state index contributed by atoms with van der Waals surface area (Å²) in [7, 11) is 4.89. The number of methoxy groups -OCH3 is 3. The minimum absolute atomic E-state index is 0.267. The Balaban J connectivity index is 1.81. The maximum atomic E-state index is 5.85. The number of nitrogens with zero attached hydrogens (tertiary/aromatic N) is 1. The smallest absolute Gasteiger partial charge is 0.203 e. The molecule has 0 saturated carbocycles. The third-order valence-corrected chi connectivity index (χ3v) is 4.79. The Labute approximate surface area is 161 Å². The van der Waals surface area contributed by atoms with Gasteiger partial charge in [0.1, 0.15) is 11.5 Å². The van der Waals surface area contributed by atoms with Gasteiger partial charge >= 0.3 is 0 Å². The van der Waals surface area contributed by atoms with Gasteiger partial charge in [0, 0.05) is 19.7 Å². The zero-order valence-corrected chi connectivity index (χ0v) is 16.6. The van der Waals surface area contributed by atoms with Crippen LogP contribution in [0.5, 0.6) is 17.2 Å². The minimum atomic E-state index is 0.267. The van der Waals surface area contributed by atoms with Gasteiger partial charge in [0.25, 0.3) is 0 Å². The first-order chi connectivity index (χ1) is 13.1. The van der Waals surface area contributed by atoms with E-state index in [0.29, 0.717) is 17.2 Å². The van der Waals surface area contributed by atoms with Crippen LogP contribution in [-0.2, 0) is 17.8 Å². The quantitative estimate of drug-likeness (QED) is 0.665. The van der Waals surface area contributed by atoms with Crippen LogP contribution < -0.4 is 14.2 Å². The molecule has 0 amide bonds. The van der Waals surface area contributed by atoms with Gasteiger partial charge in [-0.15, -0.1) is 0 Å². The lowest BCUT2D eigenvalue weighted by atomic mass is 10.1. The second kappa shape index (κ2) is 9.15. The lowest BCUT2D eigenvalue weighted by molar-refractivity contribution is 0.0653. The molecule has 0 radical (unpaired) electrons. The molecule has 1 fully saturated rings. The molecule has 1 saturated heterocycles. The average molecular weight is 375 g/mol. The second-order valence-corrected chi connectivity index (χ2v) is 6.85. The molecule has 0 spiro atoms. The molecule has 3 rings (SSSR count). The number of hydrogen-bond acceptors (Lipinski definition) is 6. The van der Waals surface area contributed by atoms with Crippen molar-refractivity contribution in [3.8, 4) is 17.2 Å². The van der Waals surface area contributed by atoms with E-state index in [2.05, 4.69) is 4.90 Å². The van der Waals surface area contributed by atoms with E-state index in [1.807, 2.05) is 31.2 Å². The molecular formula is C21H29NO5. The maximum absolute atomic E-state index is 5.85. The minimum Gasteiger partial charge on any atom is -0.493 e. The van der Waals surface area contributed by atoms with Gasteiger partial charge in [-0.3, -0.25) is 4.90 Å². The fourth-order valence-electron chi connectivity index (χ4n) is 3.54. The maximum Gasteiger partial charge on any atom is 0.203 e. The SMILES string of the molecule is COc1cc(CN(Cc2ccc(C)o2)CC2CCCO2)cc(OC)c1OC. The van der Waals surface area contributed by atoms with Crippen LogP contribution in [0, 0.1) is 6.92 Å². The van der Waals surface area contributed by atoms with Gasteiger partial charge < -0.3 is 23.4 Å². The van der Waals surface area contributed by atoms with Crippen molar-refractivity contribution >= 4 is 0 Å². The Bertz CT molecular complexity index is 711. The van der Waals surface area contributed by atoms with Crippen molar-refractivity contribution in [1.29, 1.82) is 0 Å². The van der Waals surface area contributed by atoms with Crippen molar-refractivity contribution in [2.45, 2.75) is 39.0 Å². The molecule has 0 aliphatic carbocycles. The zero-order chi connectivity index (χ0) is 19.2. The lowest BCUT2D eigenvalue weighted by Crippen LogP contribution is -2.31. The molecule has 0 N–H and O–H groups in total. The predicted octanol–water partition coefficient (Wildman–Crippen LogP) is 3.80. The largest absolute Gasteiger partial charge is 0.493 e. The van der Waals surface area contributed by atoms with Crippen LogP contribution in [0.3, 0.4) is 0 Å². The van der Waals surface area contributed by atoms with Gasteiger partial charge in [0.05, 0.1) is 34.0 Å². The van der Waals surface area contributed by atoms with Gasteiger partial charge in [-0.25, -0.2) is 0 Å². The van der Waals surface area contributed by atoms with Crippen molar-refractivity contribution in [1.82, 2.24) is 4.90 Å². The molecule has 148 valence electrons. The first kappa shape index (κ1) is 19.6. The van der Waals surface area contributed by atoms with Crippen LogP contribution in [0.15, 0.2) is 28.7 Å². The van der Waals surface area contributed by atoms with Crippen LogP contribution in [0.25, 0.3) is 0 Å². The van der Waals surface area contributed by atoms with E-state index in [1.165, 1.54) is 0 Å². The molecular weight excluding hydrogens is 346 g/mol. The van der Waals surface area contributed by atoms with E-state index < -0.39 is 0 Å². The van der Waals surface area contributed by atoms with Gasteiger partial charge in [0.15, 0.2) is 11.5 Å². The van der Waals surface area contributed by atoms with Gasteiger partial charge in [-0.05, 0) is 49.6 Å². The van der Waals surface area contributed by atoms with E-state index >= 15 is 0 Å². The fraction of sp³-hybridized carbons (Fsp3) is 0.524. The van der Waals surface area contributed by atoms with Crippen LogP contribution in [-0.4, -0.2) is 45.5 Å². The Morgan fingerprint density at radius 2 is 1.78 bits per heavy atom. The van der Waals surface area contributed by atoms with Gasteiger partial charge in [-0.2, -0.15) is 0 Å². The van der Waals surface area contributed by atoms with Gasteiger partial charge in [-0.1, -0.05) is 0 Å². The van der Waals surface area contributed by atoms with Crippen molar-refractivity contribution in [3.05, 3.63) is 41.3 Å². The van der Waals surface area contributed by atoms with Gasteiger partial charge in [0.2, 0.25) is 5.75 Å². The van der Waals surface area contributed by atoms with E-state index in [0.717, 1.165) is 56.2 Å². The summed E-state index contributed by atoms with van der Waals surface area (Å²) >= 11 is 0. The predicted molar refractivity (Wildman–Crippen MR) is 103 cm³/mol. The number of benzene rings is 1. The summed E-state index contributed by atoms with van der Waals surface area (Å²) in [6, 6.07) is 8.03. The third kappa shape index (κ3) is 4.96. The number of ether oxygens (including phenoxy) is 4. The molecule has 0 bridgehead atoms. The fourth-order valence-corrected chi connectivity index (χ4v) is 3.54. The molecule has 27 heavy (non-hydrogen) atoms. The topological polar surface area (TPSA) is 53.3 Å². The zero-order valence-electron chi connectivity index (χ0n) is 16.6. The summed E-state index contributed by atoms with van der Waals surface area (Å²) in [5.41, 5.74) is 1.09. The standard InChI is InChI=1S/C21H29NO5/c1-15-7-8-18(27-15)14-22(13-17-6-5-9-26-17)12-16-10-19(23-2)21(25-4)20(11-16)24-3/h7-8,10-11,17H,5-6,9,12-14H2,1-4H3. The highest BCUT2D eigenvalue weighted by molar-refractivity contribution is 5.53. The molecule has 2 aromatic rings. The first-order valence-electron chi connectivity index (χ1n) is 9.31. The summed E-state index contributed by atoms with van der Waals surface area (Å²) in [4.78, 5) is 2.34. The lowest BCUT2D eigenvalue weighted by Gasteiger charge is -2.25. The number of aryl methyl sites for hydroxylation is 1. The van der Waals surface area contributed by atoms with E-state index in [1.54, 1.807) is 21.3 Å². The summed E-state index contributed by atoms with van der Waals surface area (Å²) in [6.45, 7) is 5.13. The molecule has 6 heteroatoms. The molecule has 1 atom stereocenters. The molecule has 1 aromatic carbocycles. The normalized spacial score (nSPS) is 16.7. The van der Waals surface area contributed by atoms with Crippen LogP contribution in [0.1, 0.15) is 29.9 Å². The Morgan fingerprint density at radius 1 is 1.04 bits per heavy atom. The highest BCUT2D eigenvalue weighted by Crippen LogP contribution is 2.38. The second-order valence-electron chi connectivity index (χ2n) is 6.85. The molecule has 1 unspecified atom stereocenters. The summed E-state index contributed by atoms with van der Waals surface area (Å²) in [6.07, 6.45) is 2.49. The van der Waals surface area contributed by atoms with Crippen LogP contribution in [0.4, 0.5) is 0 Å². The van der Waals surface area contributed by atoms with Crippen molar-refractivity contribution in [2.24, 2.45) is 0 Å². The van der Waals surface area contributed by atoms with Crippen LogP contribution in [0.2, 0.25) is 0 Å². The average Bonchev–Trinajstić information content (AvgIpc) is 3.32. The number of rotatable bonds is 9. The molecule has 2 heterocycles. The number of hydrogen-bond donors (Lipinski definition) is 0. The van der Waals surface area contributed by atoms with E-state index in [-0.39, 0.29) is 6.10 Å². The van der Waals surface area contributed by atoms with Crippen molar-refractivity contribution in [3.63, 3.8) is 0 Å². The summed E-state index contributed by atoms with van der Waals surface area (Å²) in [5, 5.41) is 0. The van der Waals surface area contributed by atoms with Crippen LogP contribution >= 0.6 is 0 Å². The molecule has 1 aromatic heterocycles. The molecule has 1 aliphatic heterocycles. The first-order valence-corrected chi connectivity index (χ1v) is 9.31. The number of furan rings is 1. The highest BCUT2D eigenvalue weighted by atomic mass is 16.5. The summed E-state index contributed by atoms with van der Waals surface area (Å²) in [5.74, 6) is 3.82. The highest BCUT2D eigenvalue weighted by Gasteiger charge is 2.22. The Morgan fingerprint density at radius 3 is 2.30 bits per heavy atom. The monoisotopic (exact) mass is 375 g/mol. The summed E-state index contributed by atoms with van der Waals surface area (Å²) < 4.78 is 28.0. The third-order valence-electron chi connectivity index (χ3n) is 4.79. The Hall–Kier alpha value is -2.18. The van der Waals surface area contributed by atoms with Crippen molar-refractivity contribution in [2.75, 3.05) is 34.5 Å². The van der Waals surface area contributed by atoms with E-state index in [9.17, 15) is 0 Å².